The highest BCUT2D eigenvalue weighted by molar-refractivity contribution is 7.98. The van der Waals surface area contributed by atoms with E-state index in [9.17, 15) is 9.59 Å². The van der Waals surface area contributed by atoms with Gasteiger partial charge in [0.25, 0.3) is 5.56 Å². The second-order valence-electron chi connectivity index (χ2n) is 4.96. The molecule has 0 radical (unpaired) electrons. The summed E-state index contributed by atoms with van der Waals surface area (Å²) >= 11 is 1.36. The molecule has 0 saturated carbocycles. The number of amides is 1. The smallest absolute Gasteiger partial charge is 0.407 e. The number of aromatic nitrogens is 2. The lowest BCUT2D eigenvalue weighted by Crippen LogP contribution is -2.32. The molecule has 0 bridgehead atoms. The average molecular weight is 297 g/mol. The molecule has 20 heavy (non-hydrogen) atoms. The molecule has 1 heterocycles. The van der Waals surface area contributed by atoms with Gasteiger partial charge in [0.15, 0.2) is 5.16 Å². The number of carbonyl (C=O) groups excluding carboxylic acids is 1. The zero-order valence-electron chi connectivity index (χ0n) is 12.0. The molecule has 1 amide bonds. The second kappa shape index (κ2) is 7.14. The van der Waals surface area contributed by atoms with Crippen molar-refractivity contribution >= 4 is 23.9 Å². The number of nitrogens with one attached hydrogen (secondary N) is 2. The summed E-state index contributed by atoms with van der Waals surface area (Å²) in [5.74, 6) is 0. The van der Waals surface area contributed by atoms with Crippen molar-refractivity contribution in [2.24, 2.45) is 0 Å². The molecule has 0 saturated heterocycles. The summed E-state index contributed by atoms with van der Waals surface area (Å²) in [5.41, 5.74) is -0.297. The Morgan fingerprint density at radius 1 is 1.55 bits per heavy atom. The molecule has 0 aliphatic carbocycles. The zero-order valence-corrected chi connectivity index (χ0v) is 12.8. The van der Waals surface area contributed by atoms with Crippen LogP contribution in [0.25, 0.3) is 6.08 Å². The van der Waals surface area contributed by atoms with Crippen molar-refractivity contribution < 1.29 is 9.53 Å². The summed E-state index contributed by atoms with van der Waals surface area (Å²) in [6, 6.07) is 0. The summed E-state index contributed by atoms with van der Waals surface area (Å²) in [5, 5.41) is 3.14. The lowest BCUT2D eigenvalue weighted by molar-refractivity contribution is 0.0534. The molecule has 0 aliphatic heterocycles. The highest BCUT2D eigenvalue weighted by Gasteiger charge is 2.14. The van der Waals surface area contributed by atoms with Gasteiger partial charge in [-0.25, -0.2) is 9.78 Å². The first-order valence-corrected chi connectivity index (χ1v) is 7.31. The van der Waals surface area contributed by atoms with Gasteiger partial charge in [-0.05, 0) is 27.0 Å². The number of alkyl carbamates (subject to hydrolysis) is 1. The van der Waals surface area contributed by atoms with Crippen LogP contribution in [0.1, 0.15) is 26.3 Å². The fraction of sp³-hybridized carbons (Fsp3) is 0.462. The minimum Gasteiger partial charge on any atom is -0.444 e. The molecule has 6 nitrogen and oxygen atoms in total. The number of hydrogen-bond donors (Lipinski definition) is 2. The summed E-state index contributed by atoms with van der Waals surface area (Å²) in [7, 11) is 0. The Kier molecular flexibility index (Phi) is 5.82. The number of thioether (sulfide) groups is 1. The van der Waals surface area contributed by atoms with E-state index in [1.54, 1.807) is 32.9 Å². The van der Waals surface area contributed by atoms with Gasteiger partial charge in [-0.1, -0.05) is 23.9 Å². The van der Waals surface area contributed by atoms with Gasteiger partial charge in [-0.2, -0.15) is 0 Å². The molecule has 0 aliphatic rings. The van der Waals surface area contributed by atoms with Gasteiger partial charge in [-0.3, -0.25) is 4.79 Å². The van der Waals surface area contributed by atoms with Crippen LogP contribution in [-0.4, -0.2) is 34.5 Å². The molecular formula is C13H19N3O3S. The van der Waals surface area contributed by atoms with Crippen molar-refractivity contribution in [3.05, 3.63) is 28.2 Å². The molecular weight excluding hydrogens is 278 g/mol. The maximum absolute atomic E-state index is 11.6. The largest absolute Gasteiger partial charge is 0.444 e. The number of aromatic amines is 1. The maximum Gasteiger partial charge on any atom is 0.407 e. The summed E-state index contributed by atoms with van der Waals surface area (Å²) in [6.45, 7) is 5.65. The van der Waals surface area contributed by atoms with Gasteiger partial charge in [0.05, 0.1) is 5.56 Å². The zero-order chi connectivity index (χ0) is 15.2. The van der Waals surface area contributed by atoms with E-state index in [0.717, 1.165) is 0 Å². The molecule has 0 fully saturated rings. The van der Waals surface area contributed by atoms with Crippen LogP contribution in [-0.2, 0) is 4.74 Å². The number of ether oxygens (including phenoxy) is 1. The number of carbonyl (C=O) groups is 1. The van der Waals surface area contributed by atoms with Crippen LogP contribution in [0.5, 0.6) is 0 Å². The van der Waals surface area contributed by atoms with E-state index in [2.05, 4.69) is 15.3 Å². The molecule has 1 aromatic rings. The fourth-order valence-electron chi connectivity index (χ4n) is 1.25. The number of nitrogens with zero attached hydrogens (tertiary/aromatic N) is 1. The monoisotopic (exact) mass is 297 g/mol. The van der Waals surface area contributed by atoms with Crippen molar-refractivity contribution in [3.63, 3.8) is 0 Å². The third-order valence-electron chi connectivity index (χ3n) is 2.06. The average Bonchev–Trinajstić information content (AvgIpc) is 2.33. The van der Waals surface area contributed by atoms with Crippen molar-refractivity contribution in [1.29, 1.82) is 0 Å². The molecule has 0 atom stereocenters. The van der Waals surface area contributed by atoms with Gasteiger partial charge < -0.3 is 15.0 Å². The van der Waals surface area contributed by atoms with Crippen molar-refractivity contribution in [3.8, 4) is 0 Å². The van der Waals surface area contributed by atoms with Crippen molar-refractivity contribution in [1.82, 2.24) is 15.3 Å². The minimum atomic E-state index is -0.525. The summed E-state index contributed by atoms with van der Waals surface area (Å²) in [6.07, 6.45) is 6.10. The predicted octanol–water partition coefficient (Wildman–Crippen LogP) is 2.03. The van der Waals surface area contributed by atoms with Gasteiger partial charge in [-0.15, -0.1) is 0 Å². The summed E-state index contributed by atoms with van der Waals surface area (Å²) < 4.78 is 5.08. The van der Waals surface area contributed by atoms with Crippen molar-refractivity contribution in [2.45, 2.75) is 31.5 Å². The van der Waals surface area contributed by atoms with Crippen LogP contribution >= 0.6 is 11.8 Å². The third kappa shape index (κ3) is 5.92. The maximum atomic E-state index is 11.6. The Balaban J connectivity index is 2.50. The summed E-state index contributed by atoms with van der Waals surface area (Å²) in [4.78, 5) is 29.7. The normalized spacial score (nSPS) is 11.6. The van der Waals surface area contributed by atoms with E-state index < -0.39 is 11.7 Å². The molecule has 0 aromatic carbocycles. The fourth-order valence-corrected chi connectivity index (χ4v) is 1.61. The van der Waals surface area contributed by atoms with Crippen LogP contribution in [0, 0.1) is 0 Å². The Morgan fingerprint density at radius 2 is 2.25 bits per heavy atom. The SMILES string of the molecule is CSc1ncc(C=CCNC(=O)OC(C)(C)C)c(=O)[nH]1. The van der Waals surface area contributed by atoms with Gasteiger partial charge in [0.1, 0.15) is 5.60 Å². The van der Waals surface area contributed by atoms with Crippen LogP contribution in [0.3, 0.4) is 0 Å². The first-order chi connectivity index (χ1) is 9.31. The second-order valence-corrected chi connectivity index (χ2v) is 5.76. The van der Waals surface area contributed by atoms with Crippen LogP contribution in [0.2, 0.25) is 0 Å². The van der Waals surface area contributed by atoms with Gasteiger partial charge in [0, 0.05) is 12.7 Å². The van der Waals surface area contributed by atoms with E-state index in [-0.39, 0.29) is 12.1 Å². The van der Waals surface area contributed by atoms with Crippen LogP contribution in [0.4, 0.5) is 4.79 Å². The number of rotatable bonds is 4. The molecule has 7 heteroatoms. The van der Waals surface area contributed by atoms with Gasteiger partial charge in [0.2, 0.25) is 0 Å². The molecule has 1 rings (SSSR count). The minimum absolute atomic E-state index is 0.210. The quantitative estimate of drug-likeness (QED) is 0.656. The van der Waals surface area contributed by atoms with Crippen LogP contribution < -0.4 is 10.9 Å². The molecule has 0 spiro atoms. The first kappa shape index (κ1) is 16.3. The standard InChI is InChI=1S/C13H19N3O3S/c1-13(2,3)19-12(18)14-7-5-6-9-8-15-11(20-4)16-10(9)17/h5-6,8H,7H2,1-4H3,(H,14,18)(H,15,16,17). The first-order valence-electron chi connectivity index (χ1n) is 6.08. The lowest BCUT2D eigenvalue weighted by atomic mass is 10.2. The van der Waals surface area contributed by atoms with E-state index in [4.69, 9.17) is 4.74 Å². The lowest BCUT2D eigenvalue weighted by Gasteiger charge is -2.19. The molecule has 110 valence electrons. The highest BCUT2D eigenvalue weighted by Crippen LogP contribution is 2.06. The van der Waals surface area contributed by atoms with E-state index in [1.165, 1.54) is 18.0 Å². The van der Waals surface area contributed by atoms with Crippen molar-refractivity contribution in [2.75, 3.05) is 12.8 Å². The Bertz CT molecular complexity index is 547. The topological polar surface area (TPSA) is 84.1 Å². The van der Waals surface area contributed by atoms with Gasteiger partial charge >= 0.3 is 6.09 Å². The Morgan fingerprint density at radius 3 is 2.80 bits per heavy atom. The predicted molar refractivity (Wildman–Crippen MR) is 79.9 cm³/mol. The molecule has 0 unspecified atom stereocenters. The van der Waals surface area contributed by atoms with E-state index in [1.807, 2.05) is 6.26 Å². The highest BCUT2D eigenvalue weighted by atomic mass is 32.2. The van der Waals surface area contributed by atoms with Crippen LogP contribution in [0.15, 0.2) is 22.2 Å². The number of H-pyrrole nitrogens is 1. The van der Waals surface area contributed by atoms with E-state index in [0.29, 0.717) is 10.7 Å². The number of hydrogen-bond acceptors (Lipinski definition) is 5. The molecule has 1 aromatic heterocycles. The third-order valence-corrected chi connectivity index (χ3v) is 2.65. The van der Waals surface area contributed by atoms with E-state index >= 15 is 0 Å². The molecule has 2 N–H and O–H groups in total. The Labute approximate surface area is 122 Å². The Hall–Kier alpha value is -1.76.